The van der Waals surface area contributed by atoms with Crippen LogP contribution < -0.4 is 5.32 Å². The van der Waals surface area contributed by atoms with Crippen molar-refractivity contribution in [2.75, 3.05) is 11.9 Å². The lowest BCUT2D eigenvalue weighted by Gasteiger charge is -2.27. The summed E-state index contributed by atoms with van der Waals surface area (Å²) in [5.74, 6) is 0.594. The summed E-state index contributed by atoms with van der Waals surface area (Å²) >= 11 is 0. The predicted octanol–water partition coefficient (Wildman–Crippen LogP) is 3.40. The highest BCUT2D eigenvalue weighted by Gasteiger charge is 2.31. The molecule has 1 unspecified atom stereocenters. The van der Waals surface area contributed by atoms with Crippen LogP contribution in [0.5, 0.6) is 0 Å². The van der Waals surface area contributed by atoms with Crippen LogP contribution in [0.4, 0.5) is 6.01 Å². The first-order valence-corrected chi connectivity index (χ1v) is 6.37. The van der Waals surface area contributed by atoms with Crippen molar-refractivity contribution in [1.29, 1.82) is 0 Å². The molecule has 1 atom stereocenters. The molecule has 0 bridgehead atoms. The van der Waals surface area contributed by atoms with Crippen molar-refractivity contribution in [2.45, 2.75) is 60.1 Å². The molecule has 0 aliphatic rings. The average Bonchev–Trinajstić information content (AvgIpc) is 2.57. The summed E-state index contributed by atoms with van der Waals surface area (Å²) < 4.78 is 10.9. The van der Waals surface area contributed by atoms with Crippen molar-refractivity contribution >= 4 is 6.01 Å². The lowest BCUT2D eigenvalue weighted by Crippen LogP contribution is -2.26. The fourth-order valence-electron chi connectivity index (χ4n) is 1.59. The molecule has 104 valence electrons. The number of anilines is 1. The highest BCUT2D eigenvalue weighted by molar-refractivity contribution is 5.23. The maximum absolute atomic E-state index is 5.72. The maximum atomic E-state index is 5.72. The molecule has 5 heteroatoms. The van der Waals surface area contributed by atoms with Crippen LogP contribution in [0.2, 0.25) is 0 Å². The summed E-state index contributed by atoms with van der Waals surface area (Å²) in [6.45, 7) is 15.0. The fourth-order valence-corrected chi connectivity index (χ4v) is 1.59. The van der Waals surface area contributed by atoms with Crippen molar-refractivity contribution < 1.29 is 9.26 Å². The molecule has 0 saturated carbocycles. The van der Waals surface area contributed by atoms with E-state index in [-0.39, 0.29) is 17.1 Å². The van der Waals surface area contributed by atoms with Crippen LogP contribution in [0.1, 0.15) is 60.4 Å². The molecular weight excluding hydrogens is 230 g/mol. The van der Waals surface area contributed by atoms with E-state index in [9.17, 15) is 0 Å². The van der Waals surface area contributed by atoms with E-state index < -0.39 is 0 Å². The molecule has 0 saturated heterocycles. The first-order chi connectivity index (χ1) is 8.13. The molecule has 0 aliphatic carbocycles. The Morgan fingerprint density at radius 3 is 2.28 bits per heavy atom. The van der Waals surface area contributed by atoms with Crippen molar-refractivity contribution in [2.24, 2.45) is 5.41 Å². The van der Waals surface area contributed by atoms with Gasteiger partial charge in [-0.15, -0.1) is 0 Å². The van der Waals surface area contributed by atoms with Crippen molar-refractivity contribution in [3.05, 3.63) is 5.82 Å². The molecule has 1 aromatic rings. The van der Waals surface area contributed by atoms with Crippen molar-refractivity contribution in [1.82, 2.24) is 10.1 Å². The van der Waals surface area contributed by atoms with E-state index in [1.165, 1.54) is 0 Å². The summed E-state index contributed by atoms with van der Waals surface area (Å²) in [7, 11) is 0. The minimum absolute atomic E-state index is 0.0705. The third kappa shape index (κ3) is 4.29. The molecule has 0 aliphatic heterocycles. The number of hydrogen-bond acceptors (Lipinski definition) is 5. The van der Waals surface area contributed by atoms with Gasteiger partial charge in [-0.3, -0.25) is 0 Å². The van der Waals surface area contributed by atoms with Gasteiger partial charge in [0.25, 0.3) is 0 Å². The Bertz CT molecular complexity index is 374. The summed E-state index contributed by atoms with van der Waals surface area (Å²) in [5.41, 5.74) is -0.175. The number of ether oxygens (including phenoxy) is 1. The molecule has 0 radical (unpaired) electrons. The van der Waals surface area contributed by atoms with Gasteiger partial charge in [0.15, 0.2) is 0 Å². The lowest BCUT2D eigenvalue weighted by atomic mass is 9.88. The minimum atomic E-state index is -0.165. The van der Waals surface area contributed by atoms with Gasteiger partial charge in [0.05, 0.1) is 0 Å². The molecule has 0 spiro atoms. The van der Waals surface area contributed by atoms with Gasteiger partial charge in [-0.25, -0.2) is 0 Å². The first kappa shape index (κ1) is 15.0. The van der Waals surface area contributed by atoms with E-state index in [2.05, 4.69) is 36.2 Å². The van der Waals surface area contributed by atoms with Crippen LogP contribution in [0.25, 0.3) is 0 Å². The van der Waals surface area contributed by atoms with Crippen LogP contribution in [0, 0.1) is 5.41 Å². The molecular formula is C13H25N3O2. The number of hydrogen-bond donors (Lipinski definition) is 1. The zero-order chi connectivity index (χ0) is 14.0. The van der Waals surface area contributed by atoms with Gasteiger partial charge < -0.3 is 14.6 Å². The normalized spacial score (nSPS) is 14.6. The van der Waals surface area contributed by atoms with Gasteiger partial charge in [0.2, 0.25) is 5.82 Å². The number of nitrogens with zero attached hydrogens (tertiary/aromatic N) is 2. The zero-order valence-corrected chi connectivity index (χ0v) is 12.5. The number of aromatic nitrogens is 2. The van der Waals surface area contributed by atoms with Crippen LogP contribution in [0.15, 0.2) is 4.52 Å². The predicted molar refractivity (Wildman–Crippen MR) is 71.5 cm³/mol. The second-order valence-electron chi connectivity index (χ2n) is 6.53. The Hall–Kier alpha value is -1.10. The third-order valence-electron chi connectivity index (χ3n) is 2.28. The highest BCUT2D eigenvalue weighted by Crippen LogP contribution is 2.34. The quantitative estimate of drug-likeness (QED) is 0.893. The van der Waals surface area contributed by atoms with E-state index in [1.54, 1.807) is 0 Å². The van der Waals surface area contributed by atoms with Gasteiger partial charge in [-0.1, -0.05) is 25.9 Å². The Morgan fingerprint density at radius 1 is 1.22 bits per heavy atom. The monoisotopic (exact) mass is 255 g/mol. The summed E-state index contributed by atoms with van der Waals surface area (Å²) in [4.78, 5) is 4.37. The second kappa shape index (κ2) is 5.26. The number of rotatable bonds is 4. The zero-order valence-electron chi connectivity index (χ0n) is 12.5. The largest absolute Gasteiger partial charge is 0.370 e. The standard InChI is InChI=1S/C13H25N3O2/c1-8-17-9(12(2,3)4)10-14-11(18-16-10)15-13(5,6)7/h9H,8H2,1-7H3,(H,14,15,16). The van der Waals surface area contributed by atoms with E-state index in [1.807, 2.05) is 27.7 Å². The van der Waals surface area contributed by atoms with Gasteiger partial charge >= 0.3 is 6.01 Å². The molecule has 1 heterocycles. The van der Waals surface area contributed by atoms with Gasteiger partial charge in [0, 0.05) is 12.1 Å². The second-order valence-corrected chi connectivity index (χ2v) is 6.53. The Balaban J connectivity index is 2.88. The van der Waals surface area contributed by atoms with Crippen LogP contribution in [-0.2, 0) is 4.74 Å². The Kier molecular flexibility index (Phi) is 4.37. The molecule has 18 heavy (non-hydrogen) atoms. The molecule has 0 amide bonds. The molecule has 5 nitrogen and oxygen atoms in total. The summed E-state index contributed by atoms with van der Waals surface area (Å²) in [6, 6.07) is 0.437. The fraction of sp³-hybridized carbons (Fsp3) is 0.846. The summed E-state index contributed by atoms with van der Waals surface area (Å²) in [5, 5.41) is 7.17. The van der Waals surface area contributed by atoms with Crippen LogP contribution in [0.3, 0.4) is 0 Å². The van der Waals surface area contributed by atoms with E-state index in [4.69, 9.17) is 9.26 Å². The smallest absolute Gasteiger partial charge is 0.321 e. The van der Waals surface area contributed by atoms with E-state index in [0.29, 0.717) is 18.4 Å². The first-order valence-electron chi connectivity index (χ1n) is 6.37. The van der Waals surface area contributed by atoms with Gasteiger partial charge in [-0.2, -0.15) is 4.98 Å². The minimum Gasteiger partial charge on any atom is -0.370 e. The Labute approximate surface area is 109 Å². The topological polar surface area (TPSA) is 60.2 Å². The van der Waals surface area contributed by atoms with Crippen LogP contribution >= 0.6 is 0 Å². The van der Waals surface area contributed by atoms with Gasteiger partial charge in [-0.05, 0) is 33.1 Å². The third-order valence-corrected chi connectivity index (χ3v) is 2.28. The van der Waals surface area contributed by atoms with E-state index >= 15 is 0 Å². The van der Waals surface area contributed by atoms with E-state index in [0.717, 1.165) is 0 Å². The van der Waals surface area contributed by atoms with Crippen molar-refractivity contribution in [3.63, 3.8) is 0 Å². The SMILES string of the molecule is CCOC(c1noc(NC(C)(C)C)n1)C(C)(C)C. The lowest BCUT2D eigenvalue weighted by molar-refractivity contribution is -0.0203. The summed E-state index contributed by atoms with van der Waals surface area (Å²) in [6.07, 6.45) is -0.165. The molecule has 0 fully saturated rings. The van der Waals surface area contributed by atoms with Crippen molar-refractivity contribution in [3.8, 4) is 0 Å². The maximum Gasteiger partial charge on any atom is 0.321 e. The van der Waals surface area contributed by atoms with Gasteiger partial charge in [0.1, 0.15) is 6.10 Å². The highest BCUT2D eigenvalue weighted by atomic mass is 16.5. The Morgan fingerprint density at radius 2 is 1.83 bits per heavy atom. The molecule has 1 aromatic heterocycles. The molecule has 1 N–H and O–H groups in total. The molecule has 0 aromatic carbocycles. The van der Waals surface area contributed by atoms with Crippen LogP contribution in [-0.4, -0.2) is 22.3 Å². The average molecular weight is 255 g/mol. The molecule has 1 rings (SSSR count). The number of nitrogens with one attached hydrogen (secondary N) is 1.